The van der Waals surface area contributed by atoms with Crippen LogP contribution in [0.1, 0.15) is 13.8 Å². The van der Waals surface area contributed by atoms with E-state index in [0.717, 1.165) is 27.6 Å². The molecule has 0 aromatic carbocycles. The van der Waals surface area contributed by atoms with Gasteiger partial charge < -0.3 is 10.4 Å². The molecule has 90 valence electrons. The van der Waals surface area contributed by atoms with Gasteiger partial charge in [0.1, 0.15) is 17.2 Å². The number of thioether (sulfide) groups is 1. The van der Waals surface area contributed by atoms with Crippen molar-refractivity contribution in [3.05, 3.63) is 10.8 Å². The van der Waals surface area contributed by atoms with Gasteiger partial charge in [0.05, 0.1) is 4.47 Å². The molecular formula is C10H16BrN3OS. The van der Waals surface area contributed by atoms with Crippen LogP contribution >= 0.6 is 27.7 Å². The van der Waals surface area contributed by atoms with Gasteiger partial charge in [-0.2, -0.15) is 0 Å². The summed E-state index contributed by atoms with van der Waals surface area (Å²) < 4.78 is 0.895. The molecule has 4 nitrogen and oxygen atoms in total. The molecule has 0 saturated carbocycles. The summed E-state index contributed by atoms with van der Waals surface area (Å²) in [7, 11) is 0. The quantitative estimate of drug-likeness (QED) is 0.624. The lowest BCUT2D eigenvalue weighted by atomic mass is 10.2. The van der Waals surface area contributed by atoms with Crippen molar-refractivity contribution in [2.75, 3.05) is 24.2 Å². The van der Waals surface area contributed by atoms with E-state index in [1.54, 1.807) is 18.1 Å². The van der Waals surface area contributed by atoms with Crippen molar-refractivity contribution in [2.24, 2.45) is 5.92 Å². The standard InChI is InChI=1S/C10H16BrN3OS/c1-3-12-9-8(11)10(14-6-13-9)16-5-7(2)4-15/h6-7,15H,3-5H2,1-2H3,(H,12,13,14). The fourth-order valence-electron chi connectivity index (χ4n) is 1.02. The molecule has 0 bridgehead atoms. The van der Waals surface area contributed by atoms with E-state index in [4.69, 9.17) is 5.11 Å². The van der Waals surface area contributed by atoms with Crippen LogP contribution in [0.4, 0.5) is 5.82 Å². The maximum Gasteiger partial charge on any atom is 0.144 e. The Labute approximate surface area is 108 Å². The Morgan fingerprint density at radius 2 is 2.31 bits per heavy atom. The van der Waals surface area contributed by atoms with Crippen molar-refractivity contribution < 1.29 is 5.11 Å². The molecule has 1 unspecified atom stereocenters. The van der Waals surface area contributed by atoms with Gasteiger partial charge in [0.2, 0.25) is 0 Å². The third-order valence-electron chi connectivity index (χ3n) is 1.92. The summed E-state index contributed by atoms with van der Waals surface area (Å²) >= 11 is 5.11. The lowest BCUT2D eigenvalue weighted by Gasteiger charge is -2.10. The van der Waals surface area contributed by atoms with Crippen molar-refractivity contribution in [2.45, 2.75) is 18.9 Å². The fraction of sp³-hybridized carbons (Fsp3) is 0.600. The van der Waals surface area contributed by atoms with Gasteiger partial charge in [-0.1, -0.05) is 6.92 Å². The Morgan fingerprint density at radius 3 is 2.94 bits per heavy atom. The highest BCUT2D eigenvalue weighted by Gasteiger charge is 2.10. The lowest BCUT2D eigenvalue weighted by molar-refractivity contribution is 0.250. The van der Waals surface area contributed by atoms with E-state index >= 15 is 0 Å². The largest absolute Gasteiger partial charge is 0.396 e. The molecule has 1 heterocycles. The molecule has 0 spiro atoms. The van der Waals surface area contributed by atoms with E-state index in [1.165, 1.54) is 0 Å². The number of nitrogens with one attached hydrogen (secondary N) is 1. The van der Waals surface area contributed by atoms with Crippen LogP contribution in [0.3, 0.4) is 0 Å². The van der Waals surface area contributed by atoms with Crippen LogP contribution < -0.4 is 5.32 Å². The van der Waals surface area contributed by atoms with Crippen LogP contribution in [0.25, 0.3) is 0 Å². The van der Waals surface area contributed by atoms with Crippen LogP contribution in [0.2, 0.25) is 0 Å². The van der Waals surface area contributed by atoms with Crippen molar-refractivity contribution in [3.63, 3.8) is 0 Å². The molecular weight excluding hydrogens is 290 g/mol. The van der Waals surface area contributed by atoms with Gasteiger partial charge in [-0.15, -0.1) is 11.8 Å². The molecule has 0 saturated heterocycles. The van der Waals surface area contributed by atoms with Gasteiger partial charge in [0.25, 0.3) is 0 Å². The third kappa shape index (κ3) is 3.92. The summed E-state index contributed by atoms with van der Waals surface area (Å²) in [5.41, 5.74) is 0. The average molecular weight is 306 g/mol. The number of rotatable bonds is 6. The Hall–Kier alpha value is -0.330. The Kier molecular flexibility index (Phi) is 6.08. The first-order valence-corrected chi connectivity index (χ1v) is 6.94. The lowest BCUT2D eigenvalue weighted by Crippen LogP contribution is -2.05. The van der Waals surface area contributed by atoms with E-state index in [0.29, 0.717) is 0 Å². The molecule has 0 aliphatic carbocycles. The van der Waals surface area contributed by atoms with Crippen LogP contribution in [0.15, 0.2) is 15.8 Å². The number of aromatic nitrogens is 2. The monoisotopic (exact) mass is 305 g/mol. The van der Waals surface area contributed by atoms with Crippen molar-refractivity contribution in [1.29, 1.82) is 0 Å². The first-order chi connectivity index (χ1) is 7.69. The number of aliphatic hydroxyl groups excluding tert-OH is 1. The number of anilines is 1. The first kappa shape index (κ1) is 13.7. The minimum atomic E-state index is 0.204. The summed E-state index contributed by atoms with van der Waals surface area (Å²) in [5.74, 6) is 1.93. The molecule has 1 aromatic rings. The van der Waals surface area contributed by atoms with E-state index in [-0.39, 0.29) is 12.5 Å². The fourth-order valence-corrected chi connectivity index (χ4v) is 2.60. The SMILES string of the molecule is CCNc1ncnc(SCC(C)CO)c1Br. The minimum absolute atomic E-state index is 0.204. The van der Waals surface area contributed by atoms with Crippen molar-refractivity contribution in [3.8, 4) is 0 Å². The molecule has 6 heteroatoms. The number of hydrogen-bond acceptors (Lipinski definition) is 5. The predicted molar refractivity (Wildman–Crippen MR) is 70.9 cm³/mol. The molecule has 1 aromatic heterocycles. The Balaban J connectivity index is 2.69. The molecule has 0 aliphatic rings. The topological polar surface area (TPSA) is 58.0 Å². The highest BCUT2D eigenvalue weighted by Crippen LogP contribution is 2.30. The summed E-state index contributed by atoms with van der Waals surface area (Å²) in [6.45, 7) is 5.06. The number of halogens is 1. The summed E-state index contributed by atoms with van der Waals surface area (Å²) in [5, 5.41) is 13.0. The minimum Gasteiger partial charge on any atom is -0.396 e. The van der Waals surface area contributed by atoms with Crippen LogP contribution in [0.5, 0.6) is 0 Å². The summed E-state index contributed by atoms with van der Waals surface area (Å²) in [6, 6.07) is 0. The maximum absolute atomic E-state index is 8.95. The number of hydrogen-bond donors (Lipinski definition) is 2. The molecule has 1 atom stereocenters. The van der Waals surface area contributed by atoms with Gasteiger partial charge in [-0.05, 0) is 28.8 Å². The van der Waals surface area contributed by atoms with Crippen LogP contribution in [0, 0.1) is 5.92 Å². The normalized spacial score (nSPS) is 12.5. The van der Waals surface area contributed by atoms with Crippen LogP contribution in [-0.4, -0.2) is 34.0 Å². The third-order valence-corrected chi connectivity index (χ3v) is 4.25. The molecule has 1 rings (SSSR count). The van der Waals surface area contributed by atoms with Crippen molar-refractivity contribution >= 4 is 33.5 Å². The first-order valence-electron chi connectivity index (χ1n) is 5.17. The summed E-state index contributed by atoms with van der Waals surface area (Å²) in [4.78, 5) is 8.35. The molecule has 0 aliphatic heterocycles. The zero-order valence-corrected chi connectivity index (χ0v) is 11.8. The van der Waals surface area contributed by atoms with E-state index < -0.39 is 0 Å². The van der Waals surface area contributed by atoms with Gasteiger partial charge in [-0.3, -0.25) is 0 Å². The second-order valence-corrected chi connectivity index (χ2v) is 5.27. The number of nitrogens with zero attached hydrogens (tertiary/aromatic N) is 2. The molecule has 16 heavy (non-hydrogen) atoms. The van der Waals surface area contributed by atoms with E-state index in [9.17, 15) is 0 Å². The summed E-state index contributed by atoms with van der Waals surface area (Å²) in [6.07, 6.45) is 1.55. The predicted octanol–water partition coefficient (Wildman–Crippen LogP) is 2.39. The Morgan fingerprint density at radius 1 is 1.56 bits per heavy atom. The second kappa shape index (κ2) is 7.09. The van der Waals surface area contributed by atoms with Gasteiger partial charge in [0.15, 0.2) is 0 Å². The zero-order chi connectivity index (χ0) is 12.0. The van der Waals surface area contributed by atoms with Gasteiger partial charge in [0, 0.05) is 18.9 Å². The van der Waals surface area contributed by atoms with E-state index in [2.05, 4.69) is 31.2 Å². The van der Waals surface area contributed by atoms with Gasteiger partial charge in [-0.25, -0.2) is 9.97 Å². The van der Waals surface area contributed by atoms with Crippen LogP contribution in [-0.2, 0) is 0 Å². The second-order valence-electron chi connectivity index (χ2n) is 3.47. The van der Waals surface area contributed by atoms with E-state index in [1.807, 2.05) is 13.8 Å². The maximum atomic E-state index is 8.95. The Bertz CT molecular complexity index is 338. The molecule has 2 N–H and O–H groups in total. The molecule has 0 amide bonds. The number of aliphatic hydroxyl groups is 1. The average Bonchev–Trinajstić information content (AvgIpc) is 2.30. The molecule has 0 fully saturated rings. The highest BCUT2D eigenvalue weighted by molar-refractivity contribution is 9.10. The molecule has 0 radical (unpaired) electrons. The zero-order valence-electron chi connectivity index (χ0n) is 9.40. The highest BCUT2D eigenvalue weighted by atomic mass is 79.9. The van der Waals surface area contributed by atoms with Crippen molar-refractivity contribution in [1.82, 2.24) is 9.97 Å². The van der Waals surface area contributed by atoms with Gasteiger partial charge >= 0.3 is 0 Å². The smallest absolute Gasteiger partial charge is 0.144 e.